The van der Waals surface area contributed by atoms with Gasteiger partial charge in [0.25, 0.3) is 11.8 Å². The van der Waals surface area contributed by atoms with Gasteiger partial charge in [-0.3, -0.25) is 19.3 Å². The topological polar surface area (TPSA) is 79.4 Å². The quantitative estimate of drug-likeness (QED) is 0.537. The van der Waals surface area contributed by atoms with Crippen LogP contribution in [-0.4, -0.2) is 61.4 Å². The number of rotatable bonds is 8. The monoisotopic (exact) mass is 477 g/mol. The predicted molar refractivity (Wildman–Crippen MR) is 131 cm³/mol. The maximum absolute atomic E-state index is 13.7. The van der Waals surface area contributed by atoms with E-state index in [0.29, 0.717) is 41.3 Å². The third-order valence-corrected chi connectivity index (χ3v) is 7.23. The molecule has 0 aliphatic carbocycles. The van der Waals surface area contributed by atoms with Crippen molar-refractivity contribution >= 4 is 23.4 Å². The highest BCUT2D eigenvalue weighted by molar-refractivity contribution is 6.18. The first-order chi connectivity index (χ1) is 17.1. The van der Waals surface area contributed by atoms with E-state index in [-0.39, 0.29) is 17.7 Å². The lowest BCUT2D eigenvalue weighted by molar-refractivity contribution is -0.130. The average Bonchev–Trinajstić information content (AvgIpc) is 3.52. The lowest BCUT2D eigenvalue weighted by Gasteiger charge is -2.41. The third-order valence-electron chi connectivity index (χ3n) is 7.23. The smallest absolute Gasteiger partial charge is 0.264 e. The molecular weight excluding hydrogens is 446 g/mol. The van der Waals surface area contributed by atoms with E-state index in [1.165, 1.54) is 14.2 Å². The number of para-hydroxylation sites is 1. The molecule has 35 heavy (non-hydrogen) atoms. The largest absolute Gasteiger partial charge is 0.493 e. The van der Waals surface area contributed by atoms with Crippen LogP contribution in [0, 0.1) is 0 Å². The van der Waals surface area contributed by atoms with E-state index in [4.69, 9.17) is 9.47 Å². The van der Waals surface area contributed by atoms with E-state index in [0.717, 1.165) is 50.8 Å². The molecule has 0 radical (unpaired) electrons. The predicted octanol–water partition coefficient (Wildman–Crippen LogP) is 4.00. The SMILES string of the molecule is COc1ccc2c(c1OC)C(=O)N1c3ccccc3C(=O)N(CCCCCC(=O)N3CCCC3)[C@H]21. The molecule has 1 atom stereocenters. The fourth-order valence-corrected chi connectivity index (χ4v) is 5.51. The summed E-state index contributed by atoms with van der Waals surface area (Å²) >= 11 is 0. The molecule has 0 aromatic heterocycles. The number of methoxy groups -OCH3 is 2. The molecule has 3 heterocycles. The number of benzene rings is 2. The van der Waals surface area contributed by atoms with Gasteiger partial charge in [-0.25, -0.2) is 0 Å². The Hall–Kier alpha value is -3.55. The van der Waals surface area contributed by atoms with Crippen molar-refractivity contribution in [2.45, 2.75) is 44.7 Å². The second-order valence-corrected chi connectivity index (χ2v) is 9.23. The van der Waals surface area contributed by atoms with Gasteiger partial charge in [-0.1, -0.05) is 24.6 Å². The van der Waals surface area contributed by atoms with E-state index in [9.17, 15) is 14.4 Å². The van der Waals surface area contributed by atoms with E-state index in [2.05, 4.69) is 0 Å². The summed E-state index contributed by atoms with van der Waals surface area (Å²) in [4.78, 5) is 45.0. The Kier molecular flexibility index (Phi) is 6.36. The van der Waals surface area contributed by atoms with Crippen LogP contribution >= 0.6 is 0 Å². The van der Waals surface area contributed by atoms with Crippen LogP contribution in [0.3, 0.4) is 0 Å². The number of likely N-dealkylation sites (tertiary alicyclic amines) is 1. The minimum Gasteiger partial charge on any atom is -0.493 e. The summed E-state index contributed by atoms with van der Waals surface area (Å²) in [5, 5.41) is 0. The minimum atomic E-state index is -0.536. The summed E-state index contributed by atoms with van der Waals surface area (Å²) in [7, 11) is 3.06. The highest BCUT2D eigenvalue weighted by Crippen LogP contribution is 2.49. The molecule has 1 saturated heterocycles. The Morgan fingerprint density at radius 1 is 0.943 bits per heavy atom. The number of hydrogen-bond acceptors (Lipinski definition) is 5. The average molecular weight is 478 g/mol. The molecule has 2 aromatic rings. The van der Waals surface area contributed by atoms with Gasteiger partial charge >= 0.3 is 0 Å². The van der Waals surface area contributed by atoms with Crippen LogP contribution in [0.15, 0.2) is 36.4 Å². The van der Waals surface area contributed by atoms with Crippen molar-refractivity contribution in [3.05, 3.63) is 53.1 Å². The maximum Gasteiger partial charge on any atom is 0.264 e. The number of anilines is 1. The summed E-state index contributed by atoms with van der Waals surface area (Å²) in [5.41, 5.74) is 2.29. The normalized spacial score (nSPS) is 18.5. The molecule has 0 saturated carbocycles. The lowest BCUT2D eigenvalue weighted by atomic mass is 10.0. The molecule has 8 heteroatoms. The summed E-state index contributed by atoms with van der Waals surface area (Å²) in [6, 6.07) is 10.9. The Morgan fingerprint density at radius 3 is 2.46 bits per heavy atom. The zero-order valence-electron chi connectivity index (χ0n) is 20.3. The van der Waals surface area contributed by atoms with Gasteiger partial charge in [-0.05, 0) is 43.9 Å². The molecule has 0 N–H and O–H groups in total. The van der Waals surface area contributed by atoms with E-state index in [1.807, 2.05) is 29.2 Å². The van der Waals surface area contributed by atoms with Gasteiger partial charge in [-0.2, -0.15) is 0 Å². The molecule has 2 aromatic carbocycles. The number of fused-ring (bicyclic) bond motifs is 5. The number of ether oxygens (including phenoxy) is 2. The molecule has 0 unspecified atom stereocenters. The van der Waals surface area contributed by atoms with Crippen molar-refractivity contribution < 1.29 is 23.9 Å². The van der Waals surface area contributed by atoms with Crippen LogP contribution < -0.4 is 14.4 Å². The van der Waals surface area contributed by atoms with Crippen molar-refractivity contribution in [2.24, 2.45) is 0 Å². The zero-order chi connectivity index (χ0) is 24.5. The van der Waals surface area contributed by atoms with Gasteiger partial charge in [0.1, 0.15) is 6.17 Å². The van der Waals surface area contributed by atoms with Crippen molar-refractivity contribution in [1.29, 1.82) is 0 Å². The maximum atomic E-state index is 13.7. The first-order valence-electron chi connectivity index (χ1n) is 12.3. The Bertz CT molecular complexity index is 1160. The van der Waals surface area contributed by atoms with Crippen LogP contribution in [0.5, 0.6) is 11.5 Å². The number of carbonyl (C=O) groups excluding carboxylic acids is 3. The Labute approximate surface area is 205 Å². The van der Waals surface area contributed by atoms with Crippen LogP contribution in [0.1, 0.15) is 71.0 Å². The minimum absolute atomic E-state index is 0.0922. The molecule has 3 amide bonds. The van der Waals surface area contributed by atoms with Crippen LogP contribution in [0.2, 0.25) is 0 Å². The van der Waals surface area contributed by atoms with Gasteiger partial charge in [0.2, 0.25) is 5.91 Å². The summed E-state index contributed by atoms with van der Waals surface area (Å²) in [6.45, 7) is 2.24. The fraction of sp³-hybridized carbons (Fsp3) is 0.444. The Balaban J connectivity index is 1.38. The number of amides is 3. The van der Waals surface area contributed by atoms with Crippen LogP contribution in [0.4, 0.5) is 5.69 Å². The second kappa shape index (κ2) is 9.60. The zero-order valence-corrected chi connectivity index (χ0v) is 20.3. The number of carbonyl (C=O) groups is 3. The van der Waals surface area contributed by atoms with Crippen molar-refractivity contribution in [3.63, 3.8) is 0 Å². The molecule has 0 spiro atoms. The molecule has 184 valence electrons. The highest BCUT2D eigenvalue weighted by Gasteiger charge is 2.49. The number of nitrogens with zero attached hydrogens (tertiary/aromatic N) is 3. The standard InChI is InChI=1S/C27H31N3O5/c1-34-21-14-13-19-23(24(21)35-2)27(33)30-20-11-6-5-10-18(20)26(32)29(25(19)30)17-7-3-4-12-22(31)28-15-8-9-16-28/h5-6,10-11,13-14,25H,3-4,7-9,12,15-17H2,1-2H3/t25-/m0/s1. The van der Waals surface area contributed by atoms with Gasteiger partial charge in [-0.15, -0.1) is 0 Å². The van der Waals surface area contributed by atoms with E-state index < -0.39 is 6.17 Å². The van der Waals surface area contributed by atoms with Crippen molar-refractivity contribution in [3.8, 4) is 11.5 Å². The molecule has 5 rings (SSSR count). The van der Waals surface area contributed by atoms with E-state index in [1.54, 1.807) is 21.9 Å². The van der Waals surface area contributed by atoms with Crippen LogP contribution in [0.25, 0.3) is 0 Å². The third kappa shape index (κ3) is 3.90. The first kappa shape index (κ1) is 23.2. The lowest BCUT2D eigenvalue weighted by Crippen LogP contribution is -2.48. The van der Waals surface area contributed by atoms with Gasteiger partial charge < -0.3 is 19.3 Å². The fourth-order valence-electron chi connectivity index (χ4n) is 5.51. The molecule has 3 aliphatic heterocycles. The van der Waals surface area contributed by atoms with Gasteiger partial charge in [0, 0.05) is 31.6 Å². The first-order valence-corrected chi connectivity index (χ1v) is 12.3. The van der Waals surface area contributed by atoms with Crippen LogP contribution in [-0.2, 0) is 4.79 Å². The summed E-state index contributed by atoms with van der Waals surface area (Å²) < 4.78 is 11.0. The van der Waals surface area contributed by atoms with Crippen molar-refractivity contribution in [1.82, 2.24) is 9.80 Å². The molecule has 0 bridgehead atoms. The Morgan fingerprint density at radius 2 is 1.71 bits per heavy atom. The number of hydrogen-bond donors (Lipinski definition) is 0. The van der Waals surface area contributed by atoms with Crippen molar-refractivity contribution in [2.75, 3.05) is 38.8 Å². The van der Waals surface area contributed by atoms with Gasteiger partial charge in [0.15, 0.2) is 11.5 Å². The van der Waals surface area contributed by atoms with E-state index >= 15 is 0 Å². The molecule has 1 fully saturated rings. The highest BCUT2D eigenvalue weighted by atomic mass is 16.5. The number of unbranched alkanes of at least 4 members (excludes halogenated alkanes) is 2. The molecule has 8 nitrogen and oxygen atoms in total. The molecule has 3 aliphatic rings. The second-order valence-electron chi connectivity index (χ2n) is 9.23. The molecular formula is C27H31N3O5. The summed E-state index contributed by atoms with van der Waals surface area (Å²) in [5.74, 6) is 0.795. The summed E-state index contributed by atoms with van der Waals surface area (Å²) in [6.07, 6.45) is 4.59. The van der Waals surface area contributed by atoms with Gasteiger partial charge in [0.05, 0.1) is 31.0 Å².